The van der Waals surface area contributed by atoms with Crippen LogP contribution >= 0.6 is 24.0 Å². The van der Waals surface area contributed by atoms with E-state index in [1.54, 1.807) is 39.5 Å². The number of hydrogen-bond donors (Lipinski definition) is 3. The van der Waals surface area contributed by atoms with Gasteiger partial charge in [-0.1, -0.05) is 0 Å². The van der Waals surface area contributed by atoms with Crippen LogP contribution in [0.4, 0.5) is 0 Å². The summed E-state index contributed by atoms with van der Waals surface area (Å²) in [6.07, 6.45) is 0.904. The van der Waals surface area contributed by atoms with Gasteiger partial charge in [0.1, 0.15) is 11.5 Å². The number of benzene rings is 1. The second-order valence-corrected chi connectivity index (χ2v) is 4.19. The zero-order valence-corrected chi connectivity index (χ0v) is 15.0. The second kappa shape index (κ2) is 11.4. The van der Waals surface area contributed by atoms with Crippen molar-refractivity contribution in [3.63, 3.8) is 0 Å². The third kappa shape index (κ3) is 7.37. The van der Waals surface area contributed by atoms with Gasteiger partial charge in [-0.2, -0.15) is 0 Å². The molecule has 120 valence electrons. The van der Waals surface area contributed by atoms with Crippen LogP contribution in [-0.2, 0) is 11.3 Å². The molecule has 0 aliphatic carbocycles. The largest absolute Gasteiger partial charge is 0.508 e. The number of aromatic hydroxyl groups is 1. The van der Waals surface area contributed by atoms with Crippen molar-refractivity contribution in [1.82, 2.24) is 10.6 Å². The molecule has 21 heavy (non-hydrogen) atoms. The molecule has 0 saturated carbocycles. The van der Waals surface area contributed by atoms with Gasteiger partial charge in [-0.3, -0.25) is 4.99 Å². The number of methoxy groups -OCH3 is 2. The van der Waals surface area contributed by atoms with Crippen molar-refractivity contribution in [3.8, 4) is 11.5 Å². The number of nitrogens with one attached hydrogen (secondary N) is 2. The number of aliphatic imine (C=N–C) groups is 1. The molecule has 3 N–H and O–H groups in total. The topological polar surface area (TPSA) is 75.1 Å². The molecule has 0 aliphatic rings. The molecule has 0 amide bonds. The van der Waals surface area contributed by atoms with E-state index < -0.39 is 0 Å². The molecular weight excluding hydrogens is 385 g/mol. The highest BCUT2D eigenvalue weighted by Crippen LogP contribution is 2.22. The number of nitrogens with zero attached hydrogens (tertiary/aromatic N) is 1. The van der Waals surface area contributed by atoms with Crippen LogP contribution in [-0.4, -0.2) is 45.5 Å². The minimum Gasteiger partial charge on any atom is -0.508 e. The second-order valence-electron chi connectivity index (χ2n) is 4.19. The van der Waals surface area contributed by atoms with E-state index in [4.69, 9.17) is 9.47 Å². The van der Waals surface area contributed by atoms with Crippen molar-refractivity contribution in [2.75, 3.05) is 34.4 Å². The summed E-state index contributed by atoms with van der Waals surface area (Å²) in [5.41, 5.74) is 0.754. The van der Waals surface area contributed by atoms with Crippen LogP contribution in [0.3, 0.4) is 0 Å². The maximum absolute atomic E-state index is 9.79. The number of ether oxygens (including phenoxy) is 2. The van der Waals surface area contributed by atoms with Crippen LogP contribution in [0.15, 0.2) is 23.2 Å². The Morgan fingerprint density at radius 2 is 2.05 bits per heavy atom. The van der Waals surface area contributed by atoms with Gasteiger partial charge in [0.25, 0.3) is 0 Å². The van der Waals surface area contributed by atoms with Gasteiger partial charge in [0.15, 0.2) is 5.96 Å². The molecule has 0 saturated heterocycles. The molecule has 6 nitrogen and oxygen atoms in total. The van der Waals surface area contributed by atoms with Gasteiger partial charge in [0.05, 0.1) is 7.11 Å². The first-order valence-electron chi connectivity index (χ1n) is 6.50. The molecule has 0 atom stereocenters. The zero-order chi connectivity index (χ0) is 14.8. The minimum absolute atomic E-state index is 0. The Kier molecular flexibility index (Phi) is 10.8. The van der Waals surface area contributed by atoms with Crippen LogP contribution in [0, 0.1) is 0 Å². The maximum atomic E-state index is 9.79. The molecule has 0 fully saturated rings. The van der Waals surface area contributed by atoms with E-state index in [2.05, 4.69) is 15.6 Å². The lowest BCUT2D eigenvalue weighted by Crippen LogP contribution is -2.37. The summed E-state index contributed by atoms with van der Waals surface area (Å²) in [6, 6.07) is 5.13. The van der Waals surface area contributed by atoms with Crippen molar-refractivity contribution in [2.24, 2.45) is 4.99 Å². The Labute approximate surface area is 143 Å². The number of rotatable bonds is 7. The highest BCUT2D eigenvalue weighted by molar-refractivity contribution is 14.0. The minimum atomic E-state index is 0. The van der Waals surface area contributed by atoms with Crippen LogP contribution in [0.5, 0.6) is 11.5 Å². The molecule has 0 heterocycles. The first-order chi connectivity index (χ1) is 9.71. The van der Waals surface area contributed by atoms with Crippen molar-refractivity contribution >= 4 is 29.9 Å². The van der Waals surface area contributed by atoms with Gasteiger partial charge in [-0.05, 0) is 24.6 Å². The first kappa shape index (κ1) is 19.8. The fourth-order valence-corrected chi connectivity index (χ4v) is 1.65. The van der Waals surface area contributed by atoms with Crippen molar-refractivity contribution in [1.29, 1.82) is 0 Å². The van der Waals surface area contributed by atoms with E-state index in [1.165, 1.54) is 0 Å². The Morgan fingerprint density at radius 1 is 1.29 bits per heavy atom. The lowest BCUT2D eigenvalue weighted by molar-refractivity contribution is 0.195. The van der Waals surface area contributed by atoms with Crippen LogP contribution in [0.25, 0.3) is 0 Å². The van der Waals surface area contributed by atoms with Gasteiger partial charge in [-0.25, -0.2) is 0 Å². The summed E-state index contributed by atoms with van der Waals surface area (Å²) in [5, 5.41) is 16.1. The average molecular weight is 409 g/mol. The molecule has 0 aromatic heterocycles. The number of hydrogen-bond acceptors (Lipinski definition) is 4. The fraction of sp³-hybridized carbons (Fsp3) is 0.500. The summed E-state index contributed by atoms with van der Waals surface area (Å²) < 4.78 is 10.1. The van der Waals surface area contributed by atoms with Crippen molar-refractivity contribution in [3.05, 3.63) is 23.8 Å². The molecule has 0 bridgehead atoms. The van der Waals surface area contributed by atoms with E-state index in [0.717, 1.165) is 18.5 Å². The Morgan fingerprint density at radius 3 is 2.67 bits per heavy atom. The molecular formula is C14H24IN3O3. The molecule has 7 heteroatoms. The lowest BCUT2D eigenvalue weighted by Gasteiger charge is -2.13. The van der Waals surface area contributed by atoms with E-state index in [-0.39, 0.29) is 29.7 Å². The number of phenolic OH excluding ortho intramolecular Hbond substituents is 1. The molecule has 1 aromatic carbocycles. The van der Waals surface area contributed by atoms with E-state index in [9.17, 15) is 5.11 Å². The lowest BCUT2D eigenvalue weighted by atomic mass is 10.2. The van der Waals surface area contributed by atoms with E-state index >= 15 is 0 Å². The molecule has 0 radical (unpaired) electrons. The van der Waals surface area contributed by atoms with Gasteiger partial charge in [0.2, 0.25) is 0 Å². The Hall–Kier alpha value is -1.22. The van der Waals surface area contributed by atoms with Crippen LogP contribution < -0.4 is 15.4 Å². The number of phenols is 1. The summed E-state index contributed by atoms with van der Waals surface area (Å²) in [4.78, 5) is 4.11. The Balaban J connectivity index is 0.00000400. The highest BCUT2D eigenvalue weighted by atomic mass is 127. The third-order valence-electron chi connectivity index (χ3n) is 2.77. The quantitative estimate of drug-likeness (QED) is 0.277. The maximum Gasteiger partial charge on any atom is 0.191 e. The fourth-order valence-electron chi connectivity index (χ4n) is 1.65. The van der Waals surface area contributed by atoms with E-state index in [0.29, 0.717) is 24.9 Å². The van der Waals surface area contributed by atoms with Gasteiger partial charge in [0, 0.05) is 39.4 Å². The van der Waals surface area contributed by atoms with Gasteiger partial charge < -0.3 is 25.2 Å². The summed E-state index contributed by atoms with van der Waals surface area (Å²) in [6.45, 7) is 1.95. The third-order valence-corrected chi connectivity index (χ3v) is 2.77. The van der Waals surface area contributed by atoms with Crippen molar-refractivity contribution < 1.29 is 14.6 Å². The van der Waals surface area contributed by atoms with Gasteiger partial charge in [-0.15, -0.1) is 24.0 Å². The monoisotopic (exact) mass is 409 g/mol. The average Bonchev–Trinajstić information content (AvgIpc) is 2.48. The van der Waals surface area contributed by atoms with Crippen molar-refractivity contribution in [2.45, 2.75) is 13.0 Å². The van der Waals surface area contributed by atoms with Crippen LogP contribution in [0.1, 0.15) is 12.0 Å². The molecule has 1 aromatic rings. The Bertz CT molecular complexity index is 441. The van der Waals surface area contributed by atoms with E-state index in [1.807, 2.05) is 0 Å². The number of halogens is 1. The predicted octanol–water partition coefficient (Wildman–Crippen LogP) is 1.72. The highest BCUT2D eigenvalue weighted by Gasteiger charge is 2.04. The standard InChI is InChI=1S/C14H23N3O3.HI/c1-15-14(16-7-4-8-19-2)17-10-11-9-12(20-3)5-6-13(11)18;/h5-6,9,18H,4,7-8,10H2,1-3H3,(H2,15,16,17);1H. The molecule has 0 spiro atoms. The SMILES string of the molecule is CN=C(NCCCOC)NCc1cc(OC)ccc1O.I. The first-order valence-corrected chi connectivity index (χ1v) is 6.50. The smallest absolute Gasteiger partial charge is 0.191 e. The predicted molar refractivity (Wildman–Crippen MR) is 94.8 cm³/mol. The van der Waals surface area contributed by atoms with Gasteiger partial charge >= 0.3 is 0 Å². The summed E-state index contributed by atoms with van der Waals surface area (Å²) in [7, 11) is 4.98. The summed E-state index contributed by atoms with van der Waals surface area (Å²) in [5.74, 6) is 1.62. The molecule has 0 aliphatic heterocycles. The molecule has 1 rings (SSSR count). The summed E-state index contributed by atoms with van der Waals surface area (Å²) >= 11 is 0. The molecule has 0 unspecified atom stereocenters. The zero-order valence-electron chi connectivity index (χ0n) is 12.7. The number of guanidine groups is 1. The van der Waals surface area contributed by atoms with Crippen LogP contribution in [0.2, 0.25) is 0 Å². The normalized spacial score (nSPS) is 10.7.